The lowest BCUT2D eigenvalue weighted by Gasteiger charge is -2.09. The Morgan fingerprint density at radius 3 is 2.93 bits per heavy atom. The SMILES string of the molecule is CN(C)NC(=O)c1ccc(C#CCO)s1. The van der Waals surface area contributed by atoms with Crippen LogP contribution in [0, 0.1) is 11.8 Å². The van der Waals surface area contributed by atoms with Gasteiger partial charge in [0.05, 0.1) is 9.75 Å². The summed E-state index contributed by atoms with van der Waals surface area (Å²) < 4.78 is 0. The molecule has 1 rings (SSSR count). The maximum atomic E-state index is 11.5. The second kappa shape index (κ2) is 5.51. The molecule has 0 radical (unpaired) electrons. The van der Waals surface area contributed by atoms with E-state index in [1.54, 1.807) is 31.2 Å². The fourth-order valence-corrected chi connectivity index (χ4v) is 1.68. The molecule has 0 bridgehead atoms. The number of aliphatic hydroxyl groups excluding tert-OH is 1. The third kappa shape index (κ3) is 3.72. The summed E-state index contributed by atoms with van der Waals surface area (Å²) >= 11 is 1.30. The van der Waals surface area contributed by atoms with Crippen LogP contribution in [0.3, 0.4) is 0 Å². The number of hydrogen-bond acceptors (Lipinski definition) is 4. The largest absolute Gasteiger partial charge is 0.384 e. The van der Waals surface area contributed by atoms with E-state index in [0.29, 0.717) is 4.88 Å². The Morgan fingerprint density at radius 1 is 1.60 bits per heavy atom. The van der Waals surface area contributed by atoms with Gasteiger partial charge < -0.3 is 5.11 Å². The third-order valence-corrected chi connectivity index (χ3v) is 2.45. The van der Waals surface area contributed by atoms with Crippen molar-refractivity contribution >= 4 is 17.2 Å². The van der Waals surface area contributed by atoms with Crippen LogP contribution < -0.4 is 5.43 Å². The predicted molar refractivity (Wildman–Crippen MR) is 59.4 cm³/mol. The lowest BCUT2D eigenvalue weighted by Crippen LogP contribution is -2.35. The number of hydrogen-bond donors (Lipinski definition) is 2. The number of carbonyl (C=O) groups excluding carboxylic acids is 1. The Morgan fingerprint density at radius 2 is 2.33 bits per heavy atom. The van der Waals surface area contributed by atoms with Gasteiger partial charge in [0.25, 0.3) is 5.91 Å². The molecule has 80 valence electrons. The molecule has 15 heavy (non-hydrogen) atoms. The number of rotatable bonds is 2. The first-order chi connectivity index (χ1) is 7.13. The van der Waals surface area contributed by atoms with Gasteiger partial charge in [-0.2, -0.15) is 0 Å². The van der Waals surface area contributed by atoms with Crippen LogP contribution in [-0.4, -0.2) is 36.7 Å². The minimum Gasteiger partial charge on any atom is -0.384 e. The summed E-state index contributed by atoms with van der Waals surface area (Å²) in [6.07, 6.45) is 0. The van der Waals surface area contributed by atoms with Crippen molar-refractivity contribution in [1.82, 2.24) is 10.4 Å². The molecule has 1 amide bonds. The van der Waals surface area contributed by atoms with Crippen LogP contribution in [0.25, 0.3) is 0 Å². The Bertz CT molecular complexity index is 401. The maximum absolute atomic E-state index is 11.5. The van der Waals surface area contributed by atoms with E-state index >= 15 is 0 Å². The van der Waals surface area contributed by atoms with Gasteiger partial charge in [-0.1, -0.05) is 11.8 Å². The van der Waals surface area contributed by atoms with Crippen molar-refractivity contribution in [1.29, 1.82) is 0 Å². The van der Waals surface area contributed by atoms with Crippen LogP contribution in [-0.2, 0) is 0 Å². The average Bonchev–Trinajstić information content (AvgIpc) is 2.62. The summed E-state index contributed by atoms with van der Waals surface area (Å²) in [6, 6.07) is 3.47. The first-order valence-corrected chi connectivity index (χ1v) is 5.13. The second-order valence-corrected chi connectivity index (χ2v) is 4.04. The second-order valence-electron chi connectivity index (χ2n) is 2.96. The van der Waals surface area contributed by atoms with Gasteiger partial charge in [0, 0.05) is 14.1 Å². The summed E-state index contributed by atoms with van der Waals surface area (Å²) in [6.45, 7) is -0.170. The minimum absolute atomic E-state index is 0.151. The van der Waals surface area contributed by atoms with E-state index in [1.165, 1.54) is 11.3 Å². The van der Waals surface area contributed by atoms with E-state index in [-0.39, 0.29) is 12.5 Å². The molecule has 0 aliphatic rings. The van der Waals surface area contributed by atoms with E-state index in [9.17, 15) is 4.79 Å². The van der Waals surface area contributed by atoms with Crippen molar-refractivity contribution in [2.24, 2.45) is 0 Å². The number of carbonyl (C=O) groups is 1. The van der Waals surface area contributed by atoms with Crippen LogP contribution in [0.5, 0.6) is 0 Å². The van der Waals surface area contributed by atoms with E-state index in [1.807, 2.05) is 0 Å². The molecule has 0 fully saturated rings. The van der Waals surface area contributed by atoms with Crippen molar-refractivity contribution < 1.29 is 9.90 Å². The zero-order valence-electron chi connectivity index (χ0n) is 8.57. The number of nitrogens with zero attached hydrogens (tertiary/aromatic N) is 1. The van der Waals surface area contributed by atoms with Crippen LogP contribution in [0.2, 0.25) is 0 Å². The zero-order chi connectivity index (χ0) is 11.3. The fraction of sp³-hybridized carbons (Fsp3) is 0.300. The van der Waals surface area contributed by atoms with E-state index < -0.39 is 0 Å². The van der Waals surface area contributed by atoms with E-state index in [2.05, 4.69) is 17.3 Å². The van der Waals surface area contributed by atoms with Gasteiger partial charge in [0.15, 0.2) is 0 Å². The first kappa shape index (κ1) is 11.7. The van der Waals surface area contributed by atoms with Gasteiger partial charge in [-0.05, 0) is 12.1 Å². The van der Waals surface area contributed by atoms with Crippen LogP contribution in [0.15, 0.2) is 12.1 Å². The molecule has 1 heterocycles. The maximum Gasteiger partial charge on any atom is 0.275 e. The third-order valence-electron chi connectivity index (χ3n) is 1.45. The number of hydrazine groups is 1. The first-order valence-electron chi connectivity index (χ1n) is 4.31. The average molecular weight is 224 g/mol. The molecule has 0 aromatic carbocycles. The van der Waals surface area contributed by atoms with Crippen molar-refractivity contribution in [3.8, 4) is 11.8 Å². The highest BCUT2D eigenvalue weighted by Gasteiger charge is 2.08. The molecule has 0 aliphatic carbocycles. The molecule has 0 unspecified atom stereocenters. The summed E-state index contributed by atoms with van der Waals surface area (Å²) in [5.74, 6) is 5.13. The van der Waals surface area contributed by atoms with E-state index in [0.717, 1.165) is 4.88 Å². The molecular formula is C10H12N2O2S. The van der Waals surface area contributed by atoms with Crippen molar-refractivity contribution in [3.05, 3.63) is 21.9 Å². The van der Waals surface area contributed by atoms with Gasteiger partial charge >= 0.3 is 0 Å². The van der Waals surface area contributed by atoms with Crippen molar-refractivity contribution in [3.63, 3.8) is 0 Å². The molecule has 0 saturated carbocycles. The monoisotopic (exact) mass is 224 g/mol. The quantitative estimate of drug-likeness (QED) is 0.561. The number of thiophene rings is 1. The summed E-state index contributed by atoms with van der Waals surface area (Å²) in [5, 5.41) is 10.1. The Balaban J connectivity index is 2.71. The summed E-state index contributed by atoms with van der Waals surface area (Å²) in [4.78, 5) is 12.9. The Labute approximate surface area is 92.5 Å². The molecule has 5 heteroatoms. The molecule has 0 spiro atoms. The predicted octanol–water partition coefficient (Wildman–Crippen LogP) is 0.298. The highest BCUT2D eigenvalue weighted by molar-refractivity contribution is 7.14. The Hall–Kier alpha value is -1.35. The van der Waals surface area contributed by atoms with Crippen LogP contribution >= 0.6 is 11.3 Å². The van der Waals surface area contributed by atoms with Crippen LogP contribution in [0.1, 0.15) is 14.5 Å². The molecule has 0 aliphatic heterocycles. The summed E-state index contributed by atoms with van der Waals surface area (Å²) in [7, 11) is 3.50. The topological polar surface area (TPSA) is 52.6 Å². The molecule has 1 aromatic rings. The minimum atomic E-state index is -0.170. The Kier molecular flexibility index (Phi) is 4.31. The normalized spacial score (nSPS) is 9.60. The molecule has 4 nitrogen and oxygen atoms in total. The van der Waals surface area contributed by atoms with Gasteiger partial charge in [0.2, 0.25) is 0 Å². The van der Waals surface area contributed by atoms with E-state index in [4.69, 9.17) is 5.11 Å². The number of aliphatic hydroxyl groups is 1. The lowest BCUT2D eigenvalue weighted by molar-refractivity contribution is 0.0861. The number of amides is 1. The van der Waals surface area contributed by atoms with Gasteiger partial charge in [-0.25, -0.2) is 5.01 Å². The fourth-order valence-electron chi connectivity index (χ4n) is 0.912. The van der Waals surface area contributed by atoms with Gasteiger partial charge in [-0.15, -0.1) is 11.3 Å². The molecule has 0 saturated heterocycles. The smallest absolute Gasteiger partial charge is 0.275 e. The number of nitrogens with one attached hydrogen (secondary N) is 1. The highest BCUT2D eigenvalue weighted by Crippen LogP contribution is 2.14. The van der Waals surface area contributed by atoms with Crippen molar-refractivity contribution in [2.45, 2.75) is 0 Å². The molecular weight excluding hydrogens is 212 g/mol. The van der Waals surface area contributed by atoms with Crippen LogP contribution in [0.4, 0.5) is 0 Å². The molecule has 2 N–H and O–H groups in total. The van der Waals surface area contributed by atoms with Gasteiger partial charge in [-0.3, -0.25) is 10.2 Å². The zero-order valence-corrected chi connectivity index (χ0v) is 9.39. The summed E-state index contributed by atoms with van der Waals surface area (Å²) in [5.41, 5.74) is 2.64. The van der Waals surface area contributed by atoms with Crippen molar-refractivity contribution in [2.75, 3.05) is 20.7 Å². The molecule has 0 atom stereocenters. The molecule has 1 aromatic heterocycles. The standard InChI is InChI=1S/C10H12N2O2S/c1-12(2)11-10(14)9-6-5-8(15-9)4-3-7-13/h5-6,13H,7H2,1-2H3,(H,11,14). The van der Waals surface area contributed by atoms with Gasteiger partial charge in [0.1, 0.15) is 6.61 Å². The lowest BCUT2D eigenvalue weighted by atomic mass is 10.4. The highest BCUT2D eigenvalue weighted by atomic mass is 32.1.